The smallest absolute Gasteiger partial charge is 0.188 e. The molecule has 1 saturated carbocycles. The van der Waals surface area contributed by atoms with Gasteiger partial charge in [-0.3, -0.25) is 9.89 Å². The summed E-state index contributed by atoms with van der Waals surface area (Å²) in [6.45, 7) is 2.65. The van der Waals surface area contributed by atoms with Crippen molar-refractivity contribution in [2.45, 2.75) is 38.1 Å². The van der Waals surface area contributed by atoms with Crippen LogP contribution in [0.15, 0.2) is 4.99 Å². The van der Waals surface area contributed by atoms with Crippen LogP contribution in [0.1, 0.15) is 32.1 Å². The Labute approximate surface area is 144 Å². The second kappa shape index (κ2) is 9.14. The molecule has 2 fully saturated rings. The van der Waals surface area contributed by atoms with Crippen LogP contribution in [0.3, 0.4) is 0 Å². The second-order valence-corrected chi connectivity index (χ2v) is 8.04. The standard InChI is InChI=1S/C13H26N4O2S.HI/c14-13(16-12-4-2-1-3-5-12)15-6-7-17-8-10-20(18,19)11-9-17;/h12H,1-11H2,(H3,14,15,16);1H. The molecule has 0 aromatic carbocycles. The van der Waals surface area contributed by atoms with E-state index in [-0.39, 0.29) is 35.5 Å². The Bertz CT molecular complexity index is 421. The Morgan fingerprint density at radius 3 is 2.43 bits per heavy atom. The van der Waals surface area contributed by atoms with Crippen molar-refractivity contribution >= 4 is 39.8 Å². The first kappa shape index (κ1) is 19.0. The molecular weight excluding hydrogens is 403 g/mol. The van der Waals surface area contributed by atoms with Crippen LogP contribution in [0.5, 0.6) is 0 Å². The van der Waals surface area contributed by atoms with Crippen LogP contribution in [-0.2, 0) is 9.84 Å². The van der Waals surface area contributed by atoms with Crippen molar-refractivity contribution in [2.24, 2.45) is 10.7 Å². The summed E-state index contributed by atoms with van der Waals surface area (Å²) in [5.41, 5.74) is 5.89. The number of hydrogen-bond acceptors (Lipinski definition) is 4. The first-order chi connectivity index (χ1) is 9.55. The lowest BCUT2D eigenvalue weighted by atomic mass is 9.96. The lowest BCUT2D eigenvalue weighted by Crippen LogP contribution is -2.43. The highest BCUT2D eigenvalue weighted by Gasteiger charge is 2.20. The van der Waals surface area contributed by atoms with Gasteiger partial charge in [-0.1, -0.05) is 19.3 Å². The van der Waals surface area contributed by atoms with Crippen LogP contribution < -0.4 is 11.1 Å². The Morgan fingerprint density at radius 1 is 1.19 bits per heavy atom. The van der Waals surface area contributed by atoms with Crippen LogP contribution in [0.25, 0.3) is 0 Å². The summed E-state index contributed by atoms with van der Waals surface area (Å²) in [5.74, 6) is 1.07. The van der Waals surface area contributed by atoms with Gasteiger partial charge < -0.3 is 11.1 Å². The van der Waals surface area contributed by atoms with Gasteiger partial charge in [-0.2, -0.15) is 0 Å². The zero-order chi connectivity index (χ0) is 14.4. The first-order valence-corrected chi connectivity index (χ1v) is 9.36. The third-order valence-electron chi connectivity index (χ3n) is 4.09. The molecule has 124 valence electrons. The van der Waals surface area contributed by atoms with Gasteiger partial charge in [0.15, 0.2) is 15.8 Å². The summed E-state index contributed by atoms with van der Waals surface area (Å²) in [6.07, 6.45) is 6.23. The summed E-state index contributed by atoms with van der Waals surface area (Å²) in [5, 5.41) is 3.28. The Kier molecular flexibility index (Phi) is 8.25. The van der Waals surface area contributed by atoms with Crippen LogP contribution in [0.2, 0.25) is 0 Å². The largest absolute Gasteiger partial charge is 0.370 e. The summed E-state index contributed by atoms with van der Waals surface area (Å²) in [6, 6.07) is 0.479. The van der Waals surface area contributed by atoms with Gasteiger partial charge in [0.05, 0.1) is 18.1 Å². The molecule has 0 spiro atoms. The third-order valence-corrected chi connectivity index (χ3v) is 5.70. The molecule has 0 aromatic heterocycles. The molecule has 0 radical (unpaired) electrons. The third kappa shape index (κ3) is 7.14. The number of nitrogens with two attached hydrogens (primary N) is 1. The van der Waals surface area contributed by atoms with Crippen molar-refractivity contribution in [3.05, 3.63) is 0 Å². The summed E-state index contributed by atoms with van der Waals surface area (Å²) >= 11 is 0. The molecule has 21 heavy (non-hydrogen) atoms. The first-order valence-electron chi connectivity index (χ1n) is 7.54. The lowest BCUT2D eigenvalue weighted by Gasteiger charge is -2.26. The molecule has 1 saturated heterocycles. The van der Waals surface area contributed by atoms with Gasteiger partial charge in [0.1, 0.15) is 0 Å². The second-order valence-electron chi connectivity index (χ2n) is 5.74. The van der Waals surface area contributed by atoms with Gasteiger partial charge >= 0.3 is 0 Å². The molecule has 1 aliphatic heterocycles. The quantitative estimate of drug-likeness (QED) is 0.387. The predicted octanol–water partition coefficient (Wildman–Crippen LogP) is 0.572. The molecule has 0 amide bonds. The number of guanidine groups is 1. The van der Waals surface area contributed by atoms with Crippen molar-refractivity contribution < 1.29 is 8.42 Å². The molecule has 6 nitrogen and oxygen atoms in total. The highest BCUT2D eigenvalue weighted by molar-refractivity contribution is 14.0. The molecule has 2 rings (SSSR count). The SMILES string of the molecule is I.NC(=NCCN1CCS(=O)(=O)CC1)NC1CCCCC1. The predicted molar refractivity (Wildman–Crippen MR) is 97.0 cm³/mol. The van der Waals surface area contributed by atoms with E-state index in [0.717, 1.165) is 6.54 Å². The van der Waals surface area contributed by atoms with Gasteiger partial charge in [0.25, 0.3) is 0 Å². The summed E-state index contributed by atoms with van der Waals surface area (Å²) in [7, 11) is -2.79. The van der Waals surface area contributed by atoms with E-state index in [2.05, 4.69) is 15.2 Å². The van der Waals surface area contributed by atoms with Crippen LogP contribution in [0, 0.1) is 0 Å². The molecule has 2 aliphatic rings. The fourth-order valence-corrected chi connectivity index (χ4v) is 4.06. The summed E-state index contributed by atoms with van der Waals surface area (Å²) < 4.78 is 22.6. The lowest BCUT2D eigenvalue weighted by molar-refractivity contribution is 0.304. The molecule has 1 heterocycles. The van der Waals surface area contributed by atoms with Gasteiger partial charge in [-0.05, 0) is 12.8 Å². The minimum absolute atomic E-state index is 0. The van der Waals surface area contributed by atoms with Crippen molar-refractivity contribution in [1.29, 1.82) is 0 Å². The average molecular weight is 430 g/mol. The average Bonchev–Trinajstić information content (AvgIpc) is 2.42. The molecular formula is C13H27IN4O2S. The van der Waals surface area contributed by atoms with Crippen LogP contribution in [-0.4, -0.2) is 63.0 Å². The van der Waals surface area contributed by atoms with Crippen molar-refractivity contribution in [1.82, 2.24) is 10.2 Å². The molecule has 1 aliphatic carbocycles. The highest BCUT2D eigenvalue weighted by atomic mass is 127. The number of nitrogens with one attached hydrogen (secondary N) is 1. The number of aliphatic imine (C=N–C) groups is 1. The maximum atomic E-state index is 11.3. The molecule has 0 bridgehead atoms. The van der Waals surface area contributed by atoms with E-state index >= 15 is 0 Å². The molecule has 0 aromatic rings. The number of sulfone groups is 1. The molecule has 0 unspecified atom stereocenters. The number of hydrogen-bond donors (Lipinski definition) is 2. The minimum Gasteiger partial charge on any atom is -0.370 e. The van der Waals surface area contributed by atoms with E-state index in [0.29, 0.717) is 31.6 Å². The maximum Gasteiger partial charge on any atom is 0.188 e. The van der Waals surface area contributed by atoms with E-state index in [1.807, 2.05) is 0 Å². The van der Waals surface area contributed by atoms with E-state index in [9.17, 15) is 8.42 Å². The Morgan fingerprint density at radius 2 is 1.81 bits per heavy atom. The number of halogens is 1. The molecule has 0 atom stereocenters. The zero-order valence-electron chi connectivity index (χ0n) is 12.5. The van der Waals surface area contributed by atoms with Gasteiger partial charge in [0, 0.05) is 25.7 Å². The summed E-state index contributed by atoms with van der Waals surface area (Å²) in [4.78, 5) is 6.48. The minimum atomic E-state index is -2.79. The Balaban J connectivity index is 0.00000220. The van der Waals surface area contributed by atoms with Crippen LogP contribution in [0.4, 0.5) is 0 Å². The van der Waals surface area contributed by atoms with E-state index in [1.54, 1.807) is 0 Å². The normalized spacial score (nSPS) is 24.3. The highest BCUT2D eigenvalue weighted by Crippen LogP contribution is 2.16. The van der Waals surface area contributed by atoms with E-state index in [1.165, 1.54) is 32.1 Å². The van der Waals surface area contributed by atoms with E-state index in [4.69, 9.17) is 5.73 Å². The monoisotopic (exact) mass is 430 g/mol. The molecule has 8 heteroatoms. The Hall–Kier alpha value is -0.0900. The topological polar surface area (TPSA) is 87.8 Å². The molecule has 3 N–H and O–H groups in total. The van der Waals surface area contributed by atoms with Crippen molar-refractivity contribution in [3.63, 3.8) is 0 Å². The van der Waals surface area contributed by atoms with Gasteiger partial charge in [-0.25, -0.2) is 8.42 Å². The maximum absolute atomic E-state index is 11.3. The van der Waals surface area contributed by atoms with Gasteiger partial charge in [0.2, 0.25) is 0 Å². The van der Waals surface area contributed by atoms with Crippen LogP contribution >= 0.6 is 24.0 Å². The fraction of sp³-hybridized carbons (Fsp3) is 0.923. The van der Waals surface area contributed by atoms with Crippen molar-refractivity contribution in [2.75, 3.05) is 37.7 Å². The van der Waals surface area contributed by atoms with Crippen molar-refractivity contribution in [3.8, 4) is 0 Å². The van der Waals surface area contributed by atoms with Gasteiger partial charge in [-0.15, -0.1) is 24.0 Å². The zero-order valence-corrected chi connectivity index (χ0v) is 15.6. The number of rotatable bonds is 4. The van der Waals surface area contributed by atoms with E-state index < -0.39 is 9.84 Å². The number of nitrogens with zero attached hydrogens (tertiary/aromatic N) is 2. The fourth-order valence-electron chi connectivity index (χ4n) is 2.79.